The zero-order valence-corrected chi connectivity index (χ0v) is 19.0. The minimum atomic E-state index is -0.458. The van der Waals surface area contributed by atoms with E-state index in [0.717, 1.165) is 23.1 Å². The van der Waals surface area contributed by atoms with Crippen LogP contribution in [0.2, 0.25) is 0 Å². The number of carbonyl (C=O) groups is 2. The summed E-state index contributed by atoms with van der Waals surface area (Å²) in [5.41, 5.74) is 6.32. The minimum Gasteiger partial charge on any atom is -0.733 e. The van der Waals surface area contributed by atoms with Crippen molar-refractivity contribution in [2.45, 2.75) is 38.0 Å². The van der Waals surface area contributed by atoms with Gasteiger partial charge in [-0.2, -0.15) is 0 Å². The molecule has 172 valence electrons. The summed E-state index contributed by atoms with van der Waals surface area (Å²) in [7, 11) is 0. The van der Waals surface area contributed by atoms with E-state index in [4.69, 9.17) is 5.21 Å². The second-order valence-electron chi connectivity index (χ2n) is 9.63. The highest BCUT2D eigenvalue weighted by Crippen LogP contribution is 2.61. The number of anilines is 2. The lowest BCUT2D eigenvalue weighted by Gasteiger charge is -2.46. The van der Waals surface area contributed by atoms with E-state index in [1.807, 2.05) is 12.1 Å². The van der Waals surface area contributed by atoms with E-state index < -0.39 is 11.8 Å². The summed E-state index contributed by atoms with van der Waals surface area (Å²) in [6, 6.07) is 20.7. The molecule has 4 aliphatic rings. The van der Waals surface area contributed by atoms with Crippen molar-refractivity contribution >= 4 is 23.2 Å². The number of imide groups is 1. The van der Waals surface area contributed by atoms with Crippen LogP contribution < -0.4 is 10.1 Å². The van der Waals surface area contributed by atoms with E-state index in [0.29, 0.717) is 11.6 Å². The minimum absolute atomic E-state index is 0.0396. The van der Waals surface area contributed by atoms with Crippen LogP contribution in [0.3, 0.4) is 0 Å². The highest BCUT2D eigenvalue weighted by atomic mass is 16.8. The summed E-state index contributed by atoms with van der Waals surface area (Å²) in [5.74, 6) is -1.23. The van der Waals surface area contributed by atoms with Crippen molar-refractivity contribution in [1.29, 1.82) is 0 Å². The number of carbonyl (C=O) groups excluding carboxylic acids is 2. The zero-order chi connectivity index (χ0) is 23.7. The Hall–Kier alpha value is -3.48. The van der Waals surface area contributed by atoms with Crippen molar-refractivity contribution < 1.29 is 14.8 Å². The van der Waals surface area contributed by atoms with Crippen LogP contribution in [-0.4, -0.2) is 17.0 Å². The molecule has 1 N–H and O–H groups in total. The van der Waals surface area contributed by atoms with Gasteiger partial charge < -0.3 is 10.4 Å². The van der Waals surface area contributed by atoms with E-state index in [2.05, 4.69) is 44.2 Å². The third-order valence-corrected chi connectivity index (χ3v) is 8.07. The molecule has 0 radical (unpaired) electrons. The maximum atomic E-state index is 13.8. The molecule has 1 fully saturated rings. The lowest BCUT2D eigenvalue weighted by atomic mass is 9.54. The molecule has 0 spiro atoms. The average Bonchev–Trinajstić information content (AvgIpc) is 3.13. The number of rotatable bonds is 4. The molecule has 2 bridgehead atoms. The van der Waals surface area contributed by atoms with Gasteiger partial charge in [-0.05, 0) is 64.4 Å². The van der Waals surface area contributed by atoms with Crippen molar-refractivity contribution in [3.63, 3.8) is 0 Å². The molecule has 7 rings (SSSR count). The molecule has 2 amide bonds. The van der Waals surface area contributed by atoms with Crippen LogP contribution >= 0.6 is 0 Å². The highest BCUT2D eigenvalue weighted by molar-refractivity contribution is 6.23. The smallest absolute Gasteiger partial charge is 0.238 e. The fourth-order valence-corrected chi connectivity index (χ4v) is 6.27. The average molecular weight is 454 g/mol. The lowest BCUT2D eigenvalue weighted by molar-refractivity contribution is -0.122. The fraction of sp³-hybridized carbons (Fsp3) is 0.286. The normalized spacial score (nSPS) is 25.1. The maximum Gasteiger partial charge on any atom is 0.238 e. The van der Waals surface area contributed by atoms with Gasteiger partial charge in [0.25, 0.3) is 0 Å². The first-order valence-corrected chi connectivity index (χ1v) is 11.8. The van der Waals surface area contributed by atoms with Gasteiger partial charge in [-0.15, -0.1) is 0 Å². The second-order valence-corrected chi connectivity index (χ2v) is 9.63. The SMILES string of the molecule is CC[C@H](C)c1ccc2c(c1)[C@@H]1c3ccccc3[C@@H]2[C@@H]2C(=O)N(c3ccc(N([O-])O)cc3)C(=O)[C@H]12. The van der Waals surface area contributed by atoms with Crippen molar-refractivity contribution in [1.82, 2.24) is 0 Å². The number of hydrogen-bond acceptors (Lipinski definition) is 5. The van der Waals surface area contributed by atoms with Crippen molar-refractivity contribution in [2.24, 2.45) is 11.8 Å². The number of amides is 2. The number of benzene rings is 3. The van der Waals surface area contributed by atoms with Gasteiger partial charge in [0, 0.05) is 11.8 Å². The molecule has 0 saturated carbocycles. The first-order valence-electron chi connectivity index (χ1n) is 11.8. The summed E-state index contributed by atoms with van der Waals surface area (Å²) in [4.78, 5) is 28.9. The Morgan fingerprint density at radius 1 is 0.882 bits per heavy atom. The van der Waals surface area contributed by atoms with Gasteiger partial charge in [-0.1, -0.05) is 56.3 Å². The van der Waals surface area contributed by atoms with E-state index in [1.165, 1.54) is 40.3 Å². The number of nitrogens with zero attached hydrogens (tertiary/aromatic N) is 2. The molecule has 1 aliphatic heterocycles. The van der Waals surface area contributed by atoms with Crippen LogP contribution in [-0.2, 0) is 9.59 Å². The van der Waals surface area contributed by atoms with E-state index in [9.17, 15) is 14.8 Å². The Balaban J connectivity index is 1.49. The molecule has 3 aliphatic carbocycles. The predicted octanol–water partition coefficient (Wildman–Crippen LogP) is 5.29. The van der Waals surface area contributed by atoms with Gasteiger partial charge in [0.15, 0.2) is 0 Å². The quantitative estimate of drug-likeness (QED) is 0.429. The standard InChI is InChI=1S/C28H25N2O4/c1-3-15(2)16-8-13-21-22(14-16)24-20-7-5-4-6-19(20)23(21)25-26(24)28(32)29(27(25)31)17-9-11-18(12-10-17)30(33)34/h4-15,23-26,33H,3H2,1-2H3/q-1/t15-,23-,24-,25-,26+/m0/s1. The second kappa shape index (κ2) is 7.52. The Morgan fingerprint density at radius 2 is 1.44 bits per heavy atom. The molecular weight excluding hydrogens is 428 g/mol. The molecule has 0 unspecified atom stereocenters. The molecule has 34 heavy (non-hydrogen) atoms. The fourth-order valence-electron chi connectivity index (χ4n) is 6.27. The molecule has 6 heteroatoms. The summed E-state index contributed by atoms with van der Waals surface area (Å²) in [5, 5.41) is 20.1. The van der Waals surface area contributed by atoms with Crippen molar-refractivity contribution in [3.8, 4) is 0 Å². The summed E-state index contributed by atoms with van der Waals surface area (Å²) in [6.45, 7) is 4.39. The van der Waals surface area contributed by atoms with E-state index in [-0.39, 0.29) is 34.6 Å². The van der Waals surface area contributed by atoms with E-state index >= 15 is 0 Å². The van der Waals surface area contributed by atoms with Crippen LogP contribution in [0.1, 0.15) is 65.8 Å². The van der Waals surface area contributed by atoms with Gasteiger partial charge in [-0.3, -0.25) is 14.8 Å². The van der Waals surface area contributed by atoms with Crippen LogP contribution in [0, 0.1) is 17.0 Å². The molecule has 1 saturated heterocycles. The lowest BCUT2D eigenvalue weighted by Crippen LogP contribution is -2.41. The monoisotopic (exact) mass is 453 g/mol. The molecule has 3 aromatic carbocycles. The van der Waals surface area contributed by atoms with Gasteiger partial charge in [0.2, 0.25) is 11.8 Å². The Labute approximate surface area is 198 Å². The summed E-state index contributed by atoms with van der Waals surface area (Å²) < 4.78 is 0. The van der Waals surface area contributed by atoms with Crippen LogP contribution in [0.15, 0.2) is 66.7 Å². The largest absolute Gasteiger partial charge is 0.733 e. The first-order chi connectivity index (χ1) is 16.4. The molecule has 0 aromatic heterocycles. The zero-order valence-electron chi connectivity index (χ0n) is 19.0. The van der Waals surface area contributed by atoms with Gasteiger partial charge >= 0.3 is 0 Å². The number of hydrogen-bond donors (Lipinski definition) is 1. The summed E-state index contributed by atoms with van der Waals surface area (Å²) >= 11 is 0. The Kier molecular flexibility index (Phi) is 4.66. The molecule has 3 aromatic rings. The topological polar surface area (TPSA) is 83.9 Å². The third-order valence-electron chi connectivity index (χ3n) is 8.07. The van der Waals surface area contributed by atoms with E-state index in [1.54, 1.807) is 0 Å². The molecule has 6 nitrogen and oxygen atoms in total. The molecule has 1 heterocycles. The van der Waals surface area contributed by atoms with Crippen LogP contribution in [0.5, 0.6) is 0 Å². The molecule has 5 atom stereocenters. The Morgan fingerprint density at radius 3 is 2.00 bits per heavy atom. The third kappa shape index (κ3) is 2.76. The highest BCUT2D eigenvalue weighted by Gasteiger charge is 2.61. The van der Waals surface area contributed by atoms with Crippen LogP contribution in [0.4, 0.5) is 11.4 Å². The maximum absolute atomic E-state index is 13.8. The summed E-state index contributed by atoms with van der Waals surface area (Å²) in [6.07, 6.45) is 1.03. The van der Waals surface area contributed by atoms with Gasteiger partial charge in [0.1, 0.15) is 0 Å². The van der Waals surface area contributed by atoms with Gasteiger partial charge in [-0.25, -0.2) is 4.90 Å². The van der Waals surface area contributed by atoms with Crippen LogP contribution in [0.25, 0.3) is 0 Å². The van der Waals surface area contributed by atoms with Gasteiger partial charge in [0.05, 0.1) is 23.2 Å². The molecular formula is C28H25N2O4-. The first kappa shape index (κ1) is 21.1. The van der Waals surface area contributed by atoms with Crippen molar-refractivity contribution in [3.05, 3.63) is 99.8 Å². The van der Waals surface area contributed by atoms with Crippen molar-refractivity contribution in [2.75, 3.05) is 10.1 Å². The Bertz CT molecular complexity index is 1320. The predicted molar refractivity (Wildman–Crippen MR) is 129 cm³/mol.